The minimum absolute atomic E-state index is 0.148. The standard InChI is InChI=1S/C15H16Br2FNO2/c1-3-5-19-14(9-4-6-21-15(9)17)10-7-11(16)12(18)8-13(10)20-2/h4,6-8,14,19H,3,5H2,1-2H3. The Morgan fingerprint density at radius 2 is 2.10 bits per heavy atom. The summed E-state index contributed by atoms with van der Waals surface area (Å²) in [7, 11) is 1.54. The molecule has 1 unspecified atom stereocenters. The SMILES string of the molecule is CCCNC(c1cc(Br)c(F)cc1OC)c1ccoc1Br. The molecule has 0 fully saturated rings. The first-order chi connectivity index (χ1) is 10.1. The molecule has 0 bridgehead atoms. The Kier molecular flexibility index (Phi) is 5.84. The molecule has 0 spiro atoms. The van der Waals surface area contributed by atoms with Gasteiger partial charge in [-0.1, -0.05) is 6.92 Å². The maximum absolute atomic E-state index is 13.7. The third-order valence-electron chi connectivity index (χ3n) is 3.14. The lowest BCUT2D eigenvalue weighted by molar-refractivity contribution is 0.399. The molecule has 0 saturated carbocycles. The van der Waals surface area contributed by atoms with Crippen LogP contribution in [0.3, 0.4) is 0 Å². The number of ether oxygens (including phenoxy) is 1. The van der Waals surface area contributed by atoms with Crippen LogP contribution in [0, 0.1) is 5.82 Å². The van der Waals surface area contributed by atoms with Crippen LogP contribution < -0.4 is 10.1 Å². The summed E-state index contributed by atoms with van der Waals surface area (Å²) in [5, 5.41) is 3.44. The molecule has 0 saturated heterocycles. The van der Waals surface area contributed by atoms with E-state index in [1.807, 2.05) is 6.07 Å². The summed E-state index contributed by atoms with van der Waals surface area (Å²) in [5.41, 5.74) is 1.79. The predicted molar refractivity (Wildman–Crippen MR) is 87.2 cm³/mol. The summed E-state index contributed by atoms with van der Waals surface area (Å²) in [6.45, 7) is 2.91. The number of hydrogen-bond acceptors (Lipinski definition) is 3. The van der Waals surface area contributed by atoms with E-state index in [2.05, 4.69) is 44.1 Å². The Hall–Kier alpha value is -0.850. The number of methoxy groups -OCH3 is 1. The van der Waals surface area contributed by atoms with Crippen LogP contribution in [0.4, 0.5) is 4.39 Å². The van der Waals surface area contributed by atoms with Gasteiger partial charge in [0.1, 0.15) is 11.6 Å². The van der Waals surface area contributed by atoms with Crippen LogP contribution in [0.5, 0.6) is 5.75 Å². The van der Waals surface area contributed by atoms with Gasteiger partial charge >= 0.3 is 0 Å². The summed E-state index contributed by atoms with van der Waals surface area (Å²) in [6, 6.07) is 4.85. The monoisotopic (exact) mass is 419 g/mol. The lowest BCUT2D eigenvalue weighted by Gasteiger charge is -2.21. The molecule has 3 nitrogen and oxygen atoms in total. The molecule has 21 heavy (non-hydrogen) atoms. The number of nitrogens with one attached hydrogen (secondary N) is 1. The first-order valence-corrected chi connectivity index (χ1v) is 8.16. The van der Waals surface area contributed by atoms with Gasteiger partial charge in [-0.25, -0.2) is 4.39 Å². The second-order valence-corrected chi connectivity index (χ2v) is 6.12. The lowest BCUT2D eigenvalue weighted by atomic mass is 10.00. The van der Waals surface area contributed by atoms with Gasteiger partial charge in [0.25, 0.3) is 0 Å². The summed E-state index contributed by atoms with van der Waals surface area (Å²) in [6.07, 6.45) is 2.60. The van der Waals surface area contributed by atoms with E-state index in [-0.39, 0.29) is 11.9 Å². The van der Waals surface area contributed by atoms with Crippen LogP contribution in [-0.4, -0.2) is 13.7 Å². The first-order valence-electron chi connectivity index (χ1n) is 6.57. The third kappa shape index (κ3) is 3.67. The molecular formula is C15H16Br2FNO2. The zero-order valence-electron chi connectivity index (χ0n) is 11.8. The largest absolute Gasteiger partial charge is 0.496 e. The highest BCUT2D eigenvalue weighted by Crippen LogP contribution is 2.37. The van der Waals surface area contributed by atoms with E-state index in [9.17, 15) is 4.39 Å². The van der Waals surface area contributed by atoms with Gasteiger partial charge in [-0.05, 0) is 57.0 Å². The van der Waals surface area contributed by atoms with Crippen molar-refractivity contribution in [3.05, 3.63) is 50.5 Å². The molecule has 0 aliphatic rings. The van der Waals surface area contributed by atoms with Crippen molar-refractivity contribution >= 4 is 31.9 Å². The fourth-order valence-electron chi connectivity index (χ4n) is 2.13. The van der Waals surface area contributed by atoms with Gasteiger partial charge in [0.05, 0.1) is 23.9 Å². The van der Waals surface area contributed by atoms with Crippen LogP contribution >= 0.6 is 31.9 Å². The average Bonchev–Trinajstić information content (AvgIpc) is 2.89. The van der Waals surface area contributed by atoms with Crippen molar-refractivity contribution < 1.29 is 13.5 Å². The summed E-state index contributed by atoms with van der Waals surface area (Å²) >= 11 is 6.64. The minimum atomic E-state index is -0.351. The zero-order chi connectivity index (χ0) is 15.4. The normalized spacial score (nSPS) is 12.4. The molecule has 1 heterocycles. The van der Waals surface area contributed by atoms with E-state index in [0.717, 1.165) is 24.1 Å². The number of hydrogen-bond donors (Lipinski definition) is 1. The van der Waals surface area contributed by atoms with Crippen LogP contribution in [0.15, 0.2) is 38.0 Å². The quantitative estimate of drug-likeness (QED) is 0.710. The number of halogens is 3. The second kappa shape index (κ2) is 7.42. The smallest absolute Gasteiger partial charge is 0.174 e. The van der Waals surface area contributed by atoms with Crippen molar-refractivity contribution in [2.24, 2.45) is 0 Å². The van der Waals surface area contributed by atoms with Gasteiger partial charge < -0.3 is 14.5 Å². The number of benzene rings is 1. The summed E-state index contributed by atoms with van der Waals surface area (Å²) in [5.74, 6) is 0.147. The van der Waals surface area contributed by atoms with Gasteiger partial charge in [-0.15, -0.1) is 0 Å². The van der Waals surface area contributed by atoms with Gasteiger partial charge in [0, 0.05) is 17.2 Å². The molecule has 2 aromatic rings. The lowest BCUT2D eigenvalue weighted by Crippen LogP contribution is -2.23. The van der Waals surface area contributed by atoms with Crippen molar-refractivity contribution in [3.63, 3.8) is 0 Å². The Morgan fingerprint density at radius 1 is 1.33 bits per heavy atom. The second-order valence-electron chi connectivity index (χ2n) is 4.55. The third-order valence-corrected chi connectivity index (χ3v) is 4.39. The van der Waals surface area contributed by atoms with Crippen molar-refractivity contribution in [3.8, 4) is 5.75 Å². The van der Waals surface area contributed by atoms with Gasteiger partial charge in [-0.3, -0.25) is 0 Å². The van der Waals surface area contributed by atoms with Crippen LogP contribution in [-0.2, 0) is 0 Å². The van der Waals surface area contributed by atoms with E-state index in [0.29, 0.717) is 14.9 Å². The van der Waals surface area contributed by atoms with Crippen molar-refractivity contribution in [2.45, 2.75) is 19.4 Å². The Labute approximate surface area is 140 Å². The van der Waals surface area contributed by atoms with Crippen LogP contribution in [0.25, 0.3) is 0 Å². The molecule has 1 atom stereocenters. The Morgan fingerprint density at radius 3 is 2.67 bits per heavy atom. The van der Waals surface area contributed by atoms with Crippen LogP contribution in [0.2, 0.25) is 0 Å². The summed E-state index contributed by atoms with van der Waals surface area (Å²) < 4.78 is 25.4. The molecule has 2 rings (SSSR count). The van der Waals surface area contributed by atoms with E-state index >= 15 is 0 Å². The molecular weight excluding hydrogens is 405 g/mol. The van der Waals surface area contributed by atoms with E-state index in [4.69, 9.17) is 9.15 Å². The van der Waals surface area contributed by atoms with Crippen molar-refractivity contribution in [1.82, 2.24) is 5.32 Å². The Bertz CT molecular complexity index is 616. The van der Waals surface area contributed by atoms with Crippen molar-refractivity contribution in [1.29, 1.82) is 0 Å². The summed E-state index contributed by atoms with van der Waals surface area (Å²) in [4.78, 5) is 0. The fraction of sp³-hybridized carbons (Fsp3) is 0.333. The van der Waals surface area contributed by atoms with Crippen LogP contribution in [0.1, 0.15) is 30.5 Å². The zero-order valence-corrected chi connectivity index (χ0v) is 14.9. The molecule has 6 heteroatoms. The molecule has 0 radical (unpaired) electrons. The highest BCUT2D eigenvalue weighted by atomic mass is 79.9. The molecule has 0 aliphatic carbocycles. The van der Waals surface area contributed by atoms with E-state index in [1.54, 1.807) is 12.3 Å². The first kappa shape index (κ1) is 16.5. The number of furan rings is 1. The fourth-order valence-corrected chi connectivity index (χ4v) is 2.96. The molecule has 0 amide bonds. The van der Waals surface area contributed by atoms with Crippen molar-refractivity contribution in [2.75, 3.05) is 13.7 Å². The molecule has 0 aliphatic heterocycles. The average molecular weight is 421 g/mol. The highest BCUT2D eigenvalue weighted by Gasteiger charge is 2.23. The topological polar surface area (TPSA) is 34.4 Å². The highest BCUT2D eigenvalue weighted by molar-refractivity contribution is 9.10. The van der Waals surface area contributed by atoms with E-state index < -0.39 is 0 Å². The van der Waals surface area contributed by atoms with E-state index in [1.165, 1.54) is 13.2 Å². The molecule has 1 aromatic heterocycles. The van der Waals surface area contributed by atoms with Gasteiger partial charge in [0.15, 0.2) is 4.67 Å². The van der Waals surface area contributed by atoms with Gasteiger partial charge in [-0.2, -0.15) is 0 Å². The maximum atomic E-state index is 13.7. The maximum Gasteiger partial charge on any atom is 0.174 e. The Balaban J connectivity index is 2.51. The molecule has 114 valence electrons. The minimum Gasteiger partial charge on any atom is -0.496 e. The number of rotatable bonds is 6. The molecule has 1 aromatic carbocycles. The molecule has 1 N–H and O–H groups in total. The predicted octanol–water partition coefficient (Wildman–Crippen LogP) is 5.04. The van der Waals surface area contributed by atoms with Gasteiger partial charge in [0.2, 0.25) is 0 Å².